The third-order valence-corrected chi connectivity index (χ3v) is 9.64. The number of ether oxygens (including phenoxy) is 1. The van der Waals surface area contributed by atoms with Gasteiger partial charge in [0.05, 0.1) is 22.7 Å². The number of nitrogens with zero attached hydrogens (tertiary/aromatic N) is 1. The van der Waals surface area contributed by atoms with Gasteiger partial charge in [-0.05, 0) is 85.5 Å². The maximum Gasteiger partial charge on any atom is 0.264 e. The van der Waals surface area contributed by atoms with Crippen LogP contribution in [0.3, 0.4) is 0 Å². The standard InChI is InChI=1S/C23H22Cl2N2O5S2/c1-15-12-23(21(25)14-20(15)24)33(28,29)26-17-5-10-22-16(13-17)4-3-11-27(22)34(30,31)19-8-6-18(32-2)7-9-19/h5-10,12-14,26H,3-4,11H2,1-2H3. The molecule has 1 aliphatic rings. The van der Waals surface area contributed by atoms with Crippen LogP contribution in [-0.2, 0) is 26.5 Å². The van der Waals surface area contributed by atoms with E-state index in [4.69, 9.17) is 27.9 Å². The van der Waals surface area contributed by atoms with E-state index < -0.39 is 20.0 Å². The Kier molecular flexibility index (Phi) is 6.74. The van der Waals surface area contributed by atoms with Crippen LogP contribution in [0.4, 0.5) is 11.4 Å². The first-order valence-corrected chi connectivity index (χ1v) is 14.0. The normalized spacial score (nSPS) is 13.9. The molecule has 0 saturated carbocycles. The van der Waals surface area contributed by atoms with E-state index in [1.807, 2.05) is 0 Å². The van der Waals surface area contributed by atoms with Crippen molar-refractivity contribution in [2.24, 2.45) is 0 Å². The molecule has 0 radical (unpaired) electrons. The molecular formula is C23H22Cl2N2O5S2. The van der Waals surface area contributed by atoms with E-state index >= 15 is 0 Å². The Bertz CT molecular complexity index is 1460. The van der Waals surface area contributed by atoms with Crippen LogP contribution in [0.25, 0.3) is 0 Å². The second-order valence-corrected chi connectivity index (χ2v) is 12.2. The summed E-state index contributed by atoms with van der Waals surface area (Å²) >= 11 is 12.2. The zero-order valence-corrected chi connectivity index (χ0v) is 21.5. The lowest BCUT2D eigenvalue weighted by Crippen LogP contribution is -2.35. The van der Waals surface area contributed by atoms with Gasteiger partial charge in [0, 0.05) is 17.3 Å². The molecule has 0 unspecified atom stereocenters. The molecule has 34 heavy (non-hydrogen) atoms. The molecule has 0 fully saturated rings. The lowest BCUT2D eigenvalue weighted by molar-refractivity contribution is 0.414. The predicted octanol–water partition coefficient (Wildman–Crippen LogP) is 5.25. The highest BCUT2D eigenvalue weighted by atomic mass is 35.5. The molecule has 180 valence electrons. The number of halogens is 2. The molecule has 0 aliphatic carbocycles. The minimum atomic E-state index is -3.99. The second-order valence-electron chi connectivity index (χ2n) is 7.84. The number of sulfonamides is 2. The highest BCUT2D eigenvalue weighted by Gasteiger charge is 2.30. The van der Waals surface area contributed by atoms with Crippen LogP contribution in [0.5, 0.6) is 5.75 Å². The number of benzene rings is 3. The number of fused-ring (bicyclic) bond motifs is 1. The Morgan fingerprint density at radius 1 is 0.941 bits per heavy atom. The maximum atomic E-state index is 13.3. The van der Waals surface area contributed by atoms with Crippen LogP contribution >= 0.6 is 23.2 Å². The molecule has 0 bridgehead atoms. The summed E-state index contributed by atoms with van der Waals surface area (Å²) in [7, 11) is -6.27. The summed E-state index contributed by atoms with van der Waals surface area (Å²) in [6.07, 6.45) is 1.21. The summed E-state index contributed by atoms with van der Waals surface area (Å²) in [5.74, 6) is 0.561. The van der Waals surface area contributed by atoms with E-state index in [0.717, 1.165) is 5.56 Å². The molecular weight excluding hydrogens is 519 g/mol. The van der Waals surface area contributed by atoms with E-state index in [-0.39, 0.29) is 14.8 Å². The number of anilines is 2. The molecule has 7 nitrogen and oxygen atoms in total. The minimum Gasteiger partial charge on any atom is -0.497 e. The van der Waals surface area contributed by atoms with Gasteiger partial charge >= 0.3 is 0 Å². The summed E-state index contributed by atoms with van der Waals surface area (Å²) in [6, 6.07) is 13.8. The summed E-state index contributed by atoms with van der Waals surface area (Å²) in [4.78, 5) is 0.0659. The molecule has 3 aromatic rings. The Morgan fingerprint density at radius 3 is 2.32 bits per heavy atom. The first kappa shape index (κ1) is 24.7. The lowest BCUT2D eigenvalue weighted by Gasteiger charge is -2.31. The van der Waals surface area contributed by atoms with Crippen LogP contribution < -0.4 is 13.8 Å². The van der Waals surface area contributed by atoms with E-state index in [1.54, 1.807) is 31.2 Å². The summed E-state index contributed by atoms with van der Waals surface area (Å²) in [5.41, 5.74) is 2.13. The number of aryl methyl sites for hydroxylation is 2. The third-order valence-electron chi connectivity index (χ3n) is 5.56. The van der Waals surface area contributed by atoms with E-state index in [2.05, 4.69) is 4.72 Å². The van der Waals surface area contributed by atoms with Gasteiger partial charge in [-0.2, -0.15) is 0 Å². The average molecular weight is 541 g/mol. The summed E-state index contributed by atoms with van der Waals surface area (Å²) in [6.45, 7) is 2.01. The monoisotopic (exact) mass is 540 g/mol. The van der Waals surface area contributed by atoms with Crippen molar-refractivity contribution < 1.29 is 21.6 Å². The first-order valence-electron chi connectivity index (χ1n) is 10.3. The molecule has 0 spiro atoms. The van der Waals surface area contributed by atoms with E-state index in [9.17, 15) is 16.8 Å². The van der Waals surface area contributed by atoms with Crippen LogP contribution in [-0.4, -0.2) is 30.5 Å². The number of nitrogens with one attached hydrogen (secondary N) is 1. The molecule has 4 rings (SSSR count). The van der Waals surface area contributed by atoms with Crippen molar-refractivity contribution in [3.8, 4) is 5.75 Å². The van der Waals surface area contributed by atoms with Gasteiger partial charge in [0.2, 0.25) is 0 Å². The number of hydrogen-bond donors (Lipinski definition) is 1. The Hall–Kier alpha value is -2.46. The Balaban J connectivity index is 1.65. The smallest absolute Gasteiger partial charge is 0.264 e. The fraction of sp³-hybridized carbons (Fsp3) is 0.217. The fourth-order valence-corrected chi connectivity index (χ4v) is 7.22. The summed E-state index contributed by atoms with van der Waals surface area (Å²) in [5, 5.41) is 0.383. The van der Waals surface area contributed by atoms with Crippen LogP contribution in [0.2, 0.25) is 10.0 Å². The Morgan fingerprint density at radius 2 is 1.65 bits per heavy atom. The largest absolute Gasteiger partial charge is 0.497 e. The van der Waals surface area contributed by atoms with Gasteiger partial charge in [-0.15, -0.1) is 0 Å². The van der Waals surface area contributed by atoms with Crippen LogP contribution in [0.1, 0.15) is 17.5 Å². The summed E-state index contributed by atoms with van der Waals surface area (Å²) < 4.78 is 61.5. The van der Waals surface area contributed by atoms with Crippen molar-refractivity contribution in [3.63, 3.8) is 0 Å². The molecule has 0 saturated heterocycles. The average Bonchev–Trinajstić information content (AvgIpc) is 2.80. The predicted molar refractivity (Wildman–Crippen MR) is 134 cm³/mol. The SMILES string of the molecule is COc1ccc(S(=O)(=O)N2CCCc3cc(NS(=O)(=O)c4cc(C)c(Cl)cc4Cl)ccc32)cc1. The number of methoxy groups -OCH3 is 1. The van der Waals surface area contributed by atoms with Gasteiger partial charge < -0.3 is 4.74 Å². The van der Waals surface area contributed by atoms with Crippen molar-refractivity contribution in [2.45, 2.75) is 29.6 Å². The molecule has 0 atom stereocenters. The molecule has 1 aliphatic heterocycles. The van der Waals surface area contributed by atoms with Gasteiger partial charge in [-0.25, -0.2) is 16.8 Å². The lowest BCUT2D eigenvalue weighted by atomic mass is 10.0. The van der Waals surface area contributed by atoms with Crippen molar-refractivity contribution in [1.82, 2.24) is 0 Å². The molecule has 11 heteroatoms. The van der Waals surface area contributed by atoms with Crippen molar-refractivity contribution in [3.05, 3.63) is 75.8 Å². The Labute approximate surface area is 209 Å². The van der Waals surface area contributed by atoms with Crippen LogP contribution in [0, 0.1) is 6.92 Å². The quantitative estimate of drug-likeness (QED) is 0.460. The van der Waals surface area contributed by atoms with Crippen molar-refractivity contribution in [2.75, 3.05) is 22.7 Å². The molecule has 0 amide bonds. The highest BCUT2D eigenvalue weighted by Crippen LogP contribution is 2.35. The van der Waals surface area contributed by atoms with Gasteiger partial charge in [-0.3, -0.25) is 9.03 Å². The van der Waals surface area contributed by atoms with Gasteiger partial charge in [0.1, 0.15) is 10.6 Å². The molecule has 3 aromatic carbocycles. The number of rotatable bonds is 6. The zero-order valence-electron chi connectivity index (χ0n) is 18.4. The van der Waals surface area contributed by atoms with E-state index in [0.29, 0.717) is 47.1 Å². The van der Waals surface area contributed by atoms with Crippen LogP contribution in [0.15, 0.2) is 64.4 Å². The highest BCUT2D eigenvalue weighted by molar-refractivity contribution is 7.93. The van der Waals surface area contributed by atoms with Gasteiger partial charge in [0.25, 0.3) is 20.0 Å². The first-order chi connectivity index (χ1) is 16.0. The topological polar surface area (TPSA) is 92.8 Å². The maximum absolute atomic E-state index is 13.3. The fourth-order valence-electron chi connectivity index (χ4n) is 3.80. The molecule has 0 aromatic heterocycles. The van der Waals surface area contributed by atoms with Crippen molar-refractivity contribution in [1.29, 1.82) is 0 Å². The second kappa shape index (κ2) is 9.30. The minimum absolute atomic E-state index is 0.0119. The third kappa shape index (κ3) is 4.70. The van der Waals surface area contributed by atoms with Gasteiger partial charge in [-0.1, -0.05) is 23.2 Å². The number of hydrogen-bond acceptors (Lipinski definition) is 5. The zero-order chi connectivity index (χ0) is 24.7. The van der Waals surface area contributed by atoms with Gasteiger partial charge in [0.15, 0.2) is 0 Å². The van der Waals surface area contributed by atoms with Crippen molar-refractivity contribution >= 4 is 54.6 Å². The molecule has 1 N–H and O–H groups in total. The molecule has 1 heterocycles. The van der Waals surface area contributed by atoms with E-state index in [1.165, 1.54) is 41.7 Å².